The van der Waals surface area contributed by atoms with Crippen LogP contribution in [-0.2, 0) is 0 Å². The first-order valence-corrected chi connectivity index (χ1v) is 3.60. The van der Waals surface area contributed by atoms with Crippen molar-refractivity contribution in [2.75, 3.05) is 28.2 Å². The van der Waals surface area contributed by atoms with E-state index < -0.39 is 0 Å². The Morgan fingerprint density at radius 1 is 1.07 bits per heavy atom. The maximum absolute atomic E-state index is 8.08. The maximum Gasteiger partial charge on any atom is 0.214 e. The van der Waals surface area contributed by atoms with E-state index >= 15 is 0 Å². The fraction of sp³-hybridized carbons (Fsp3) is 0.750. The molecule has 0 bridgehead atoms. The zero-order valence-electron chi connectivity index (χ0n) is 8.42. The largest absolute Gasteiger partial charge is 0.370 e. The van der Waals surface area contributed by atoms with Crippen LogP contribution in [-0.4, -0.2) is 45.3 Å². The zero-order valence-corrected chi connectivity index (χ0v) is 8.42. The van der Waals surface area contributed by atoms with Crippen molar-refractivity contribution in [1.29, 1.82) is 0 Å². The van der Waals surface area contributed by atoms with E-state index in [1.165, 1.54) is 0 Å². The summed E-state index contributed by atoms with van der Waals surface area (Å²) in [7, 11) is 6.58. The molecule has 0 aromatic carbocycles. The van der Waals surface area contributed by atoms with Crippen LogP contribution >= 0.6 is 0 Å². The normalized spacial score (nSPS) is 9.67. The Morgan fingerprint density at radius 2 is 1.53 bits per heavy atom. The van der Waals surface area contributed by atoms with Crippen molar-refractivity contribution in [3.8, 4) is 0 Å². The highest BCUT2D eigenvalue weighted by Crippen LogP contribution is 1.54. The average Bonchev–Trinajstić information content (AvgIpc) is 2.20. The monoisotopic (exact) mass is 222 g/mol. The number of hydrogen-bond acceptors (Lipinski definition) is 3. The summed E-state index contributed by atoms with van der Waals surface area (Å²) < 4.78 is 0. The molecule has 0 radical (unpaired) electrons. The Bertz CT molecular complexity index is 163. The molecular weight excluding hydrogens is 196 g/mol. The Labute approximate surface area is 92.8 Å². The molecule has 0 amide bonds. The van der Waals surface area contributed by atoms with Crippen LogP contribution in [0.25, 0.3) is 0 Å². The minimum absolute atomic E-state index is 0. The molecule has 7 heteroatoms. The van der Waals surface area contributed by atoms with Gasteiger partial charge in [-0.15, -0.1) is 0 Å². The number of nitrogens with one attached hydrogen (secondary N) is 3. The highest BCUT2D eigenvalue weighted by Gasteiger charge is 1.81. The Morgan fingerprint density at radius 3 is 1.53 bits per heavy atom. The van der Waals surface area contributed by atoms with Gasteiger partial charge in [-0.2, -0.15) is 0 Å². The van der Waals surface area contributed by atoms with Gasteiger partial charge < -0.3 is 16.4 Å². The second-order valence-electron chi connectivity index (χ2n) is 1.79. The number of aliphatic imine (C=N–C) groups is 2. The standard InChI is InChI=1S/C3H9N3O.C3H9N3.2CH4/c1-4-3(5-2)6-7;1-5-3(4)6-2;;/h7H,1-2H3,(H2,4,5,6);1-2H3,(H3,4,5,6);2*1H4. The first kappa shape index (κ1) is 23.4. The predicted molar refractivity (Wildman–Crippen MR) is 67.4 cm³/mol. The van der Waals surface area contributed by atoms with E-state index in [0.717, 1.165) is 0 Å². The highest BCUT2D eigenvalue weighted by molar-refractivity contribution is 5.78. The lowest BCUT2D eigenvalue weighted by Crippen LogP contribution is -2.31. The number of nitrogens with zero attached hydrogens (tertiary/aromatic N) is 2. The molecule has 0 aliphatic heterocycles. The summed E-state index contributed by atoms with van der Waals surface area (Å²) in [6.45, 7) is 0. The fourth-order valence-electron chi connectivity index (χ4n) is 0.330. The van der Waals surface area contributed by atoms with Crippen molar-refractivity contribution in [2.45, 2.75) is 14.9 Å². The molecule has 0 atom stereocenters. The van der Waals surface area contributed by atoms with E-state index in [9.17, 15) is 0 Å². The van der Waals surface area contributed by atoms with Gasteiger partial charge in [-0.3, -0.25) is 15.2 Å². The van der Waals surface area contributed by atoms with Crippen molar-refractivity contribution >= 4 is 11.9 Å². The van der Waals surface area contributed by atoms with E-state index in [1.54, 1.807) is 28.2 Å². The summed E-state index contributed by atoms with van der Waals surface area (Å²) in [5.74, 6) is 0.829. The average molecular weight is 222 g/mol. The molecule has 0 aliphatic rings. The van der Waals surface area contributed by atoms with Crippen molar-refractivity contribution in [3.05, 3.63) is 0 Å². The maximum atomic E-state index is 8.08. The zero-order chi connectivity index (χ0) is 10.7. The number of hydrogen-bond donors (Lipinski definition) is 5. The van der Waals surface area contributed by atoms with Crippen LogP contribution in [0.4, 0.5) is 0 Å². The third-order valence-corrected chi connectivity index (χ3v) is 1.06. The molecule has 0 saturated carbocycles. The number of nitrogens with two attached hydrogens (primary N) is 1. The van der Waals surface area contributed by atoms with Crippen LogP contribution in [0, 0.1) is 0 Å². The van der Waals surface area contributed by atoms with Gasteiger partial charge >= 0.3 is 0 Å². The SMILES string of the molecule is C.C.CN=C(N)NC.CN=C(NC)NO. The van der Waals surface area contributed by atoms with E-state index in [2.05, 4.69) is 20.6 Å². The van der Waals surface area contributed by atoms with Gasteiger partial charge in [0, 0.05) is 28.2 Å². The second-order valence-corrected chi connectivity index (χ2v) is 1.79. The highest BCUT2D eigenvalue weighted by atomic mass is 16.5. The molecule has 94 valence electrons. The summed E-state index contributed by atoms with van der Waals surface area (Å²) in [4.78, 5) is 7.16. The number of guanidine groups is 2. The summed E-state index contributed by atoms with van der Waals surface area (Å²) in [6, 6.07) is 0. The summed E-state index contributed by atoms with van der Waals surface area (Å²) >= 11 is 0. The molecule has 0 heterocycles. The van der Waals surface area contributed by atoms with Crippen LogP contribution in [0.1, 0.15) is 14.9 Å². The Balaban J connectivity index is -0.0000000718. The predicted octanol–water partition coefficient (Wildman–Crippen LogP) is -0.407. The third-order valence-electron chi connectivity index (χ3n) is 1.06. The molecule has 15 heavy (non-hydrogen) atoms. The minimum atomic E-state index is 0. The molecule has 0 fully saturated rings. The lowest BCUT2D eigenvalue weighted by molar-refractivity contribution is 0.230. The van der Waals surface area contributed by atoms with Crippen LogP contribution in [0.3, 0.4) is 0 Å². The third kappa shape index (κ3) is 19.1. The molecule has 0 rings (SSSR count). The van der Waals surface area contributed by atoms with E-state index in [1.807, 2.05) is 5.48 Å². The van der Waals surface area contributed by atoms with Crippen molar-refractivity contribution < 1.29 is 5.21 Å². The summed E-state index contributed by atoms with van der Waals surface area (Å²) in [5, 5.41) is 13.3. The first-order valence-electron chi connectivity index (χ1n) is 3.60. The fourth-order valence-corrected chi connectivity index (χ4v) is 0.330. The molecule has 0 unspecified atom stereocenters. The van der Waals surface area contributed by atoms with Gasteiger partial charge in [0.05, 0.1) is 0 Å². The number of hydroxylamine groups is 1. The Hall–Kier alpha value is -1.50. The van der Waals surface area contributed by atoms with Gasteiger partial charge in [0.1, 0.15) is 0 Å². The lowest BCUT2D eigenvalue weighted by Gasteiger charge is -1.97. The van der Waals surface area contributed by atoms with Gasteiger partial charge in [-0.25, -0.2) is 5.48 Å². The van der Waals surface area contributed by atoms with Crippen LogP contribution < -0.4 is 21.8 Å². The molecular formula is C8H26N6O. The summed E-state index contributed by atoms with van der Waals surface area (Å²) in [5.41, 5.74) is 6.95. The Kier molecular flexibility index (Phi) is 28.5. The van der Waals surface area contributed by atoms with Crippen molar-refractivity contribution in [1.82, 2.24) is 16.1 Å². The smallest absolute Gasteiger partial charge is 0.214 e. The topological polar surface area (TPSA) is 107 Å². The van der Waals surface area contributed by atoms with Gasteiger partial charge in [0.15, 0.2) is 5.96 Å². The second kappa shape index (κ2) is 18.3. The molecule has 0 aromatic rings. The molecule has 0 aromatic heterocycles. The molecule has 7 nitrogen and oxygen atoms in total. The van der Waals surface area contributed by atoms with Gasteiger partial charge in [-0.05, 0) is 0 Å². The van der Waals surface area contributed by atoms with Crippen LogP contribution in [0.2, 0.25) is 0 Å². The van der Waals surface area contributed by atoms with Gasteiger partial charge in [0.25, 0.3) is 0 Å². The van der Waals surface area contributed by atoms with Crippen LogP contribution in [0.5, 0.6) is 0 Å². The van der Waals surface area contributed by atoms with Crippen LogP contribution in [0.15, 0.2) is 9.98 Å². The minimum Gasteiger partial charge on any atom is -0.370 e. The van der Waals surface area contributed by atoms with Crippen molar-refractivity contribution in [2.24, 2.45) is 15.7 Å². The van der Waals surface area contributed by atoms with E-state index in [4.69, 9.17) is 10.9 Å². The van der Waals surface area contributed by atoms with Crippen molar-refractivity contribution in [3.63, 3.8) is 0 Å². The van der Waals surface area contributed by atoms with E-state index in [0.29, 0.717) is 11.9 Å². The lowest BCUT2D eigenvalue weighted by atomic mass is 11.0. The molecule has 0 aliphatic carbocycles. The van der Waals surface area contributed by atoms with Gasteiger partial charge in [-0.1, -0.05) is 14.9 Å². The first-order chi connectivity index (χ1) is 6.15. The summed E-state index contributed by atoms with van der Waals surface area (Å²) in [6.07, 6.45) is 0. The molecule has 6 N–H and O–H groups in total. The quantitative estimate of drug-likeness (QED) is 0.218. The van der Waals surface area contributed by atoms with Gasteiger partial charge in [0.2, 0.25) is 5.96 Å². The molecule has 0 spiro atoms. The van der Waals surface area contributed by atoms with E-state index in [-0.39, 0.29) is 14.9 Å². The molecule has 0 saturated heterocycles. The number of rotatable bonds is 0.